The van der Waals surface area contributed by atoms with Gasteiger partial charge in [-0.15, -0.1) is 0 Å². The summed E-state index contributed by atoms with van der Waals surface area (Å²) in [6.45, 7) is 4.41. The van der Waals surface area contributed by atoms with E-state index in [1.54, 1.807) is 0 Å². The predicted octanol–water partition coefficient (Wildman–Crippen LogP) is 3.53. The van der Waals surface area contributed by atoms with Crippen LogP contribution in [0.1, 0.15) is 29.4 Å². The molecule has 22 heavy (non-hydrogen) atoms. The number of aromatic nitrogens is 2. The number of rotatable bonds is 0. The monoisotopic (exact) mass is 288 g/mol. The molecule has 2 aromatic carbocycles. The molecule has 3 aromatic rings. The lowest BCUT2D eigenvalue weighted by molar-refractivity contribution is -0.400. The Morgan fingerprint density at radius 3 is 2.77 bits per heavy atom. The summed E-state index contributed by atoms with van der Waals surface area (Å²) >= 11 is 0. The molecule has 2 aliphatic rings. The summed E-state index contributed by atoms with van der Waals surface area (Å²) in [6, 6.07) is 11.0. The highest BCUT2D eigenvalue weighted by Crippen LogP contribution is 2.40. The van der Waals surface area contributed by atoms with E-state index in [4.69, 9.17) is 4.98 Å². The molecule has 0 atom stereocenters. The third kappa shape index (κ3) is 1.32. The number of benzene rings is 2. The van der Waals surface area contributed by atoms with E-state index in [1.807, 2.05) is 0 Å². The normalized spacial score (nSPS) is 15.4. The number of imidazole rings is 1. The quantitative estimate of drug-likeness (QED) is 0.453. The van der Waals surface area contributed by atoms with E-state index < -0.39 is 0 Å². The van der Waals surface area contributed by atoms with Crippen molar-refractivity contribution in [2.45, 2.75) is 26.7 Å². The zero-order valence-electron chi connectivity index (χ0n) is 13.1. The minimum Gasteiger partial charge on any atom is -0.290 e. The van der Waals surface area contributed by atoms with Gasteiger partial charge in [0, 0.05) is 18.9 Å². The molecule has 0 N–H and O–H groups in total. The third-order valence-corrected chi connectivity index (χ3v) is 5.19. The fourth-order valence-corrected chi connectivity index (χ4v) is 4.05. The van der Waals surface area contributed by atoms with Crippen LogP contribution >= 0.6 is 0 Å². The molecule has 0 saturated heterocycles. The van der Waals surface area contributed by atoms with Crippen LogP contribution in [-0.4, -0.2) is 26.9 Å². The van der Waals surface area contributed by atoms with Crippen molar-refractivity contribution >= 4 is 22.4 Å². The summed E-state index contributed by atoms with van der Waals surface area (Å²) in [5.41, 5.74) is 10.6. The topological polar surface area (TPSA) is 20.8 Å². The first-order chi connectivity index (χ1) is 10.6. The van der Waals surface area contributed by atoms with E-state index in [9.17, 15) is 0 Å². The molecule has 0 spiro atoms. The molecule has 0 fully saturated rings. The molecule has 0 radical (unpaired) electrons. The van der Waals surface area contributed by atoms with Gasteiger partial charge in [0.1, 0.15) is 18.4 Å². The van der Waals surface area contributed by atoms with Crippen LogP contribution in [0.2, 0.25) is 0 Å². The van der Waals surface area contributed by atoms with Crippen molar-refractivity contribution in [2.24, 2.45) is 0 Å². The van der Waals surface area contributed by atoms with Crippen molar-refractivity contribution in [3.63, 3.8) is 0 Å². The Kier molecular flexibility index (Phi) is 2.13. The second kappa shape index (κ2) is 3.86. The largest absolute Gasteiger partial charge is 0.290 e. The molecule has 0 bridgehead atoms. The first-order valence-corrected chi connectivity index (χ1v) is 7.83. The summed E-state index contributed by atoms with van der Waals surface area (Å²) in [6.07, 6.45) is 1.98. The molecule has 0 saturated carbocycles. The maximum atomic E-state index is 4.91. The molecule has 3 heterocycles. The van der Waals surface area contributed by atoms with E-state index in [2.05, 4.69) is 60.4 Å². The molecule has 1 aromatic heterocycles. The molecule has 3 heteroatoms. The summed E-state index contributed by atoms with van der Waals surface area (Å²) in [5, 5.41) is 0. The lowest BCUT2D eigenvalue weighted by atomic mass is 10.1. The summed E-state index contributed by atoms with van der Waals surface area (Å²) in [5.74, 6) is 1.17. The van der Waals surface area contributed by atoms with Crippen LogP contribution in [0.15, 0.2) is 30.3 Å². The smallest absolute Gasteiger partial charge is 0.235 e. The van der Waals surface area contributed by atoms with Crippen LogP contribution in [0.5, 0.6) is 0 Å². The van der Waals surface area contributed by atoms with E-state index in [-0.39, 0.29) is 0 Å². The van der Waals surface area contributed by atoms with E-state index in [0.717, 1.165) is 18.4 Å². The second-order valence-electron chi connectivity index (χ2n) is 6.53. The fourth-order valence-electron chi connectivity index (χ4n) is 4.05. The predicted molar refractivity (Wildman–Crippen MR) is 88.8 cm³/mol. The Hall–Kier alpha value is -2.42. The van der Waals surface area contributed by atoms with Crippen molar-refractivity contribution in [1.29, 1.82) is 0 Å². The number of nitrogens with zero attached hydrogens (tertiary/aromatic N) is 3. The van der Waals surface area contributed by atoms with E-state index in [0.29, 0.717) is 0 Å². The van der Waals surface area contributed by atoms with Gasteiger partial charge in [-0.3, -0.25) is 4.57 Å². The van der Waals surface area contributed by atoms with Crippen molar-refractivity contribution in [1.82, 2.24) is 9.55 Å². The Morgan fingerprint density at radius 1 is 1.05 bits per heavy atom. The average Bonchev–Trinajstić information content (AvgIpc) is 3.10. The summed E-state index contributed by atoms with van der Waals surface area (Å²) < 4.78 is 4.73. The first-order valence-electron chi connectivity index (χ1n) is 7.83. The van der Waals surface area contributed by atoms with Crippen LogP contribution in [0, 0.1) is 6.92 Å². The Morgan fingerprint density at radius 2 is 1.91 bits per heavy atom. The van der Waals surface area contributed by atoms with Gasteiger partial charge in [-0.25, -0.2) is 9.56 Å². The van der Waals surface area contributed by atoms with Crippen LogP contribution in [0.25, 0.3) is 16.7 Å². The minimum absolute atomic E-state index is 0.937. The standard InChI is InChI=1S/C19H18N3/c1-11-5-4-6-13-10-16-20-15-8-7-14-9-12(2)21(3)18(14)19(15)22(16)17(11)13/h4-8H,9-10H2,1-3H3/q+1. The highest BCUT2D eigenvalue weighted by Gasteiger charge is 2.33. The highest BCUT2D eigenvalue weighted by atomic mass is 15.1. The number of hydrogen-bond donors (Lipinski definition) is 0. The van der Waals surface area contributed by atoms with Crippen molar-refractivity contribution in [3.05, 3.63) is 52.8 Å². The van der Waals surface area contributed by atoms with Gasteiger partial charge < -0.3 is 0 Å². The van der Waals surface area contributed by atoms with Gasteiger partial charge in [-0.05, 0) is 30.2 Å². The Balaban J connectivity index is 1.96. The number of fused-ring (bicyclic) bond motifs is 7. The van der Waals surface area contributed by atoms with E-state index in [1.165, 1.54) is 45.1 Å². The lowest BCUT2D eigenvalue weighted by Crippen LogP contribution is -2.04. The maximum absolute atomic E-state index is 4.91. The molecular formula is C19H18N3+. The minimum atomic E-state index is 0.937. The number of para-hydroxylation sites is 1. The molecule has 0 unspecified atom stereocenters. The maximum Gasteiger partial charge on any atom is 0.235 e. The van der Waals surface area contributed by atoms with Crippen LogP contribution in [0.3, 0.4) is 0 Å². The van der Waals surface area contributed by atoms with Crippen molar-refractivity contribution in [3.8, 4) is 5.69 Å². The Labute approximate surface area is 129 Å². The van der Waals surface area contributed by atoms with Crippen LogP contribution in [-0.2, 0) is 12.8 Å². The zero-order valence-corrected chi connectivity index (χ0v) is 13.1. The molecule has 0 aliphatic carbocycles. The van der Waals surface area contributed by atoms with Gasteiger partial charge in [0.15, 0.2) is 5.71 Å². The molecular weight excluding hydrogens is 270 g/mol. The van der Waals surface area contributed by atoms with Gasteiger partial charge in [0.25, 0.3) is 0 Å². The van der Waals surface area contributed by atoms with Crippen LogP contribution < -0.4 is 0 Å². The molecule has 3 nitrogen and oxygen atoms in total. The van der Waals surface area contributed by atoms with Gasteiger partial charge in [0.05, 0.1) is 17.6 Å². The summed E-state index contributed by atoms with van der Waals surface area (Å²) in [7, 11) is 2.17. The number of hydrogen-bond acceptors (Lipinski definition) is 1. The molecule has 0 amide bonds. The fraction of sp³-hybridized carbons (Fsp3) is 0.263. The van der Waals surface area contributed by atoms with Gasteiger partial charge in [-0.2, -0.15) is 0 Å². The van der Waals surface area contributed by atoms with Gasteiger partial charge in [-0.1, -0.05) is 18.2 Å². The molecule has 2 aliphatic heterocycles. The van der Waals surface area contributed by atoms with Crippen LogP contribution in [0.4, 0.5) is 5.69 Å². The molecule has 5 rings (SSSR count). The average molecular weight is 288 g/mol. The first kappa shape index (κ1) is 12.2. The molecule has 108 valence electrons. The SMILES string of the molecule is CC1=[N+](C)c2c(ccc3nc4n(c23)-c2c(C)cccc2C4)C1. The second-order valence-corrected chi connectivity index (χ2v) is 6.53. The lowest BCUT2D eigenvalue weighted by Gasteiger charge is -2.08. The van der Waals surface area contributed by atoms with Gasteiger partial charge >= 0.3 is 0 Å². The Bertz CT molecular complexity index is 1010. The third-order valence-electron chi connectivity index (χ3n) is 5.19. The van der Waals surface area contributed by atoms with Gasteiger partial charge in [0.2, 0.25) is 5.69 Å². The van der Waals surface area contributed by atoms with Crippen molar-refractivity contribution in [2.75, 3.05) is 7.05 Å². The zero-order chi connectivity index (χ0) is 15.0. The van der Waals surface area contributed by atoms with E-state index >= 15 is 0 Å². The van der Waals surface area contributed by atoms with Crippen molar-refractivity contribution < 1.29 is 4.58 Å². The highest BCUT2D eigenvalue weighted by molar-refractivity contribution is 5.96. The summed E-state index contributed by atoms with van der Waals surface area (Å²) in [4.78, 5) is 4.91. The number of aryl methyl sites for hydroxylation is 1.